The van der Waals surface area contributed by atoms with E-state index in [1.54, 1.807) is 0 Å². The van der Waals surface area contributed by atoms with E-state index in [0.29, 0.717) is 12.1 Å². The van der Waals surface area contributed by atoms with Crippen LogP contribution < -0.4 is 10.6 Å². The van der Waals surface area contributed by atoms with Gasteiger partial charge in [0.2, 0.25) is 0 Å². The fourth-order valence-electron chi connectivity index (χ4n) is 2.55. The molecule has 104 valence electrons. The summed E-state index contributed by atoms with van der Waals surface area (Å²) in [4.78, 5) is 0. The molecule has 18 heavy (non-hydrogen) atoms. The number of nitrogens with one attached hydrogen (secondary N) is 2. The van der Waals surface area contributed by atoms with E-state index in [1.165, 1.54) is 51.6 Å². The molecule has 2 saturated heterocycles. The molecule has 0 aromatic rings. The van der Waals surface area contributed by atoms with Crippen LogP contribution in [0, 0.1) is 0 Å². The Kier molecular flexibility index (Phi) is 8.87. The van der Waals surface area contributed by atoms with E-state index in [2.05, 4.69) is 48.8 Å². The van der Waals surface area contributed by atoms with Crippen LogP contribution in [-0.4, -0.2) is 25.2 Å². The van der Waals surface area contributed by atoms with E-state index in [0.717, 1.165) is 0 Å². The predicted octanol–water partition coefficient (Wildman–Crippen LogP) is 3.41. The van der Waals surface area contributed by atoms with Crippen molar-refractivity contribution >= 4 is 0 Å². The van der Waals surface area contributed by atoms with Gasteiger partial charge in [0.1, 0.15) is 0 Å². The average molecular weight is 250 g/mol. The summed E-state index contributed by atoms with van der Waals surface area (Å²) in [5.41, 5.74) is 0. The third kappa shape index (κ3) is 6.97. The molecule has 0 aromatic heterocycles. The first-order valence-corrected chi connectivity index (χ1v) is 7.59. The first kappa shape index (κ1) is 15.5. The summed E-state index contributed by atoms with van der Waals surface area (Å²) < 4.78 is 0. The van der Waals surface area contributed by atoms with Crippen molar-refractivity contribution in [2.75, 3.05) is 13.1 Å². The molecular formula is C16H30N2. The van der Waals surface area contributed by atoms with Crippen LogP contribution in [0.3, 0.4) is 0 Å². The largest absolute Gasteiger partial charge is 0.311 e. The van der Waals surface area contributed by atoms with E-state index in [9.17, 15) is 0 Å². The molecule has 0 saturated carbocycles. The molecule has 2 rings (SSSR count). The van der Waals surface area contributed by atoms with Crippen LogP contribution in [0.1, 0.15) is 52.4 Å². The van der Waals surface area contributed by atoms with Gasteiger partial charge < -0.3 is 10.6 Å². The van der Waals surface area contributed by atoms with Crippen molar-refractivity contribution in [1.29, 1.82) is 0 Å². The Morgan fingerprint density at radius 3 is 1.44 bits per heavy atom. The van der Waals surface area contributed by atoms with Gasteiger partial charge in [0.25, 0.3) is 0 Å². The Bertz CT molecular complexity index is 207. The Morgan fingerprint density at radius 2 is 1.17 bits per heavy atom. The minimum Gasteiger partial charge on any atom is -0.311 e. The second-order valence-corrected chi connectivity index (χ2v) is 5.16. The molecule has 2 heteroatoms. The topological polar surface area (TPSA) is 24.1 Å². The summed E-state index contributed by atoms with van der Waals surface area (Å²) in [7, 11) is 0. The van der Waals surface area contributed by atoms with Gasteiger partial charge in [0, 0.05) is 12.1 Å². The Balaban J connectivity index is 0.000000180. The fourth-order valence-corrected chi connectivity index (χ4v) is 2.55. The highest BCUT2D eigenvalue weighted by Gasteiger charge is 2.07. The minimum absolute atomic E-state index is 0.670. The maximum absolute atomic E-state index is 3.43. The Labute approximate surface area is 113 Å². The van der Waals surface area contributed by atoms with E-state index < -0.39 is 0 Å². The van der Waals surface area contributed by atoms with Gasteiger partial charge in [0.15, 0.2) is 0 Å². The summed E-state index contributed by atoms with van der Waals surface area (Å²) in [6.07, 6.45) is 16.9. The summed E-state index contributed by atoms with van der Waals surface area (Å²) >= 11 is 0. The molecule has 0 aromatic carbocycles. The zero-order chi connectivity index (χ0) is 13.1. The van der Waals surface area contributed by atoms with Crippen LogP contribution in [-0.2, 0) is 0 Å². The standard InChI is InChI=1S/2C8H15N/c2*1-2-5-8-6-3-4-7-9-8/h2*2,5,8-9H,3-4,6-7H2,1H3. The third-order valence-corrected chi connectivity index (χ3v) is 3.55. The minimum atomic E-state index is 0.670. The molecule has 2 heterocycles. The van der Waals surface area contributed by atoms with Crippen molar-refractivity contribution in [3.8, 4) is 0 Å². The first-order valence-electron chi connectivity index (χ1n) is 7.59. The van der Waals surface area contributed by atoms with Gasteiger partial charge in [-0.15, -0.1) is 0 Å². The smallest absolute Gasteiger partial charge is 0.0249 e. The van der Waals surface area contributed by atoms with Crippen molar-refractivity contribution in [3.05, 3.63) is 24.3 Å². The summed E-state index contributed by atoms with van der Waals surface area (Å²) in [5, 5.41) is 6.87. The van der Waals surface area contributed by atoms with Gasteiger partial charge in [-0.2, -0.15) is 0 Å². The van der Waals surface area contributed by atoms with Crippen LogP contribution in [0.25, 0.3) is 0 Å². The van der Waals surface area contributed by atoms with Crippen LogP contribution in [0.15, 0.2) is 24.3 Å². The maximum atomic E-state index is 3.43. The van der Waals surface area contributed by atoms with Gasteiger partial charge in [0.05, 0.1) is 0 Å². The SMILES string of the molecule is CC=CC1CCCCN1.CC=CC1CCCCN1. The number of piperidine rings is 2. The van der Waals surface area contributed by atoms with E-state index in [1.807, 2.05) is 0 Å². The van der Waals surface area contributed by atoms with Crippen molar-refractivity contribution in [2.24, 2.45) is 0 Å². The summed E-state index contributed by atoms with van der Waals surface area (Å²) in [6, 6.07) is 1.34. The van der Waals surface area contributed by atoms with Gasteiger partial charge in [-0.3, -0.25) is 0 Å². The van der Waals surface area contributed by atoms with Crippen LogP contribution in [0.4, 0.5) is 0 Å². The lowest BCUT2D eigenvalue weighted by Gasteiger charge is -2.19. The molecule has 0 radical (unpaired) electrons. The molecule has 2 unspecified atom stereocenters. The number of rotatable bonds is 2. The van der Waals surface area contributed by atoms with Gasteiger partial charge in [-0.05, 0) is 52.6 Å². The summed E-state index contributed by atoms with van der Waals surface area (Å²) in [6.45, 7) is 6.57. The molecular weight excluding hydrogens is 220 g/mol. The first-order chi connectivity index (χ1) is 8.86. The highest BCUT2D eigenvalue weighted by Crippen LogP contribution is 2.07. The zero-order valence-electron chi connectivity index (χ0n) is 12.1. The van der Waals surface area contributed by atoms with Crippen molar-refractivity contribution < 1.29 is 0 Å². The molecule has 0 amide bonds. The van der Waals surface area contributed by atoms with Crippen LogP contribution >= 0.6 is 0 Å². The monoisotopic (exact) mass is 250 g/mol. The number of hydrogen-bond acceptors (Lipinski definition) is 2. The Hall–Kier alpha value is -0.600. The van der Waals surface area contributed by atoms with Crippen LogP contribution in [0.5, 0.6) is 0 Å². The van der Waals surface area contributed by atoms with Crippen molar-refractivity contribution in [1.82, 2.24) is 10.6 Å². The molecule has 0 spiro atoms. The quantitative estimate of drug-likeness (QED) is 0.734. The number of hydrogen-bond donors (Lipinski definition) is 2. The molecule has 2 aliphatic rings. The van der Waals surface area contributed by atoms with Crippen molar-refractivity contribution in [2.45, 2.75) is 64.5 Å². The lowest BCUT2D eigenvalue weighted by atomic mass is 10.1. The molecule has 0 aliphatic carbocycles. The lowest BCUT2D eigenvalue weighted by molar-refractivity contribution is 0.454. The second kappa shape index (κ2) is 10.3. The predicted molar refractivity (Wildman–Crippen MR) is 80.9 cm³/mol. The summed E-state index contributed by atoms with van der Waals surface area (Å²) in [5.74, 6) is 0. The second-order valence-electron chi connectivity index (χ2n) is 5.16. The number of allylic oxidation sites excluding steroid dienone is 2. The van der Waals surface area contributed by atoms with E-state index in [4.69, 9.17) is 0 Å². The zero-order valence-corrected chi connectivity index (χ0v) is 12.1. The average Bonchev–Trinajstić information content (AvgIpc) is 2.43. The molecule has 2 fully saturated rings. The van der Waals surface area contributed by atoms with Gasteiger partial charge in [-0.1, -0.05) is 37.1 Å². The normalized spacial score (nSPS) is 29.2. The highest BCUT2D eigenvalue weighted by atomic mass is 14.9. The molecule has 2 atom stereocenters. The maximum Gasteiger partial charge on any atom is 0.0249 e. The van der Waals surface area contributed by atoms with E-state index >= 15 is 0 Å². The van der Waals surface area contributed by atoms with Crippen LogP contribution in [0.2, 0.25) is 0 Å². The molecule has 2 aliphatic heterocycles. The highest BCUT2D eigenvalue weighted by molar-refractivity contribution is 4.93. The van der Waals surface area contributed by atoms with Crippen molar-refractivity contribution in [3.63, 3.8) is 0 Å². The molecule has 0 bridgehead atoms. The Morgan fingerprint density at radius 1 is 0.722 bits per heavy atom. The van der Waals surface area contributed by atoms with E-state index in [-0.39, 0.29) is 0 Å². The lowest BCUT2D eigenvalue weighted by Crippen LogP contribution is -2.31. The fraction of sp³-hybridized carbons (Fsp3) is 0.750. The van der Waals surface area contributed by atoms with Gasteiger partial charge in [-0.25, -0.2) is 0 Å². The molecule has 2 nitrogen and oxygen atoms in total. The third-order valence-electron chi connectivity index (χ3n) is 3.55. The molecule has 2 N–H and O–H groups in total. The van der Waals surface area contributed by atoms with Gasteiger partial charge >= 0.3 is 0 Å².